The van der Waals surface area contributed by atoms with E-state index in [9.17, 15) is 9.59 Å². The second kappa shape index (κ2) is 12.5. The molecule has 3 amide bonds. The first-order valence-corrected chi connectivity index (χ1v) is 12.1. The van der Waals surface area contributed by atoms with E-state index < -0.39 is 0 Å². The average molecular weight is 483 g/mol. The topological polar surface area (TPSA) is 83.6 Å². The summed E-state index contributed by atoms with van der Waals surface area (Å²) in [5.41, 5.74) is 1.32. The van der Waals surface area contributed by atoms with Crippen LogP contribution in [0.4, 0.5) is 10.5 Å². The van der Waals surface area contributed by atoms with Crippen molar-refractivity contribution in [3.8, 4) is 5.75 Å². The lowest BCUT2D eigenvalue weighted by Gasteiger charge is -2.36. The zero-order valence-corrected chi connectivity index (χ0v) is 20.2. The van der Waals surface area contributed by atoms with E-state index >= 15 is 0 Å². The first-order valence-electron chi connectivity index (χ1n) is 12.1. The van der Waals surface area contributed by atoms with Gasteiger partial charge >= 0.3 is 6.03 Å². The molecule has 2 saturated heterocycles. The van der Waals surface area contributed by atoms with Crippen molar-refractivity contribution >= 4 is 17.6 Å². The minimum Gasteiger partial charge on any atom is -0.497 e. The molecule has 2 aliphatic heterocycles. The smallest absolute Gasteiger partial charge is 0.322 e. The Balaban J connectivity index is 1.41. The molecule has 0 aliphatic carbocycles. The maximum atomic E-state index is 13.5. The summed E-state index contributed by atoms with van der Waals surface area (Å²) in [6.07, 6.45) is -0.274. The Hall–Kier alpha value is -3.14. The zero-order chi connectivity index (χ0) is 24.5. The number of amides is 3. The first kappa shape index (κ1) is 25.0. The number of hydrogen-bond acceptors (Lipinski definition) is 6. The second-order valence-corrected chi connectivity index (χ2v) is 8.67. The van der Waals surface area contributed by atoms with Crippen LogP contribution in [0.2, 0.25) is 0 Å². The van der Waals surface area contributed by atoms with Crippen LogP contribution in [0.5, 0.6) is 5.75 Å². The predicted octanol–water partition coefficient (Wildman–Crippen LogP) is 2.40. The Morgan fingerprint density at radius 3 is 2.63 bits per heavy atom. The van der Waals surface area contributed by atoms with Crippen molar-refractivity contribution < 1.29 is 23.8 Å². The normalized spacial score (nSPS) is 18.7. The fraction of sp³-hybridized carbons (Fsp3) is 0.462. The summed E-state index contributed by atoms with van der Waals surface area (Å²) in [7, 11) is 1.59. The van der Waals surface area contributed by atoms with Gasteiger partial charge in [0.25, 0.3) is 5.91 Å². The van der Waals surface area contributed by atoms with Crippen LogP contribution in [-0.4, -0.2) is 105 Å². The van der Waals surface area contributed by atoms with Gasteiger partial charge in [-0.15, -0.1) is 0 Å². The molecule has 2 aromatic rings. The van der Waals surface area contributed by atoms with E-state index in [1.54, 1.807) is 24.1 Å². The zero-order valence-electron chi connectivity index (χ0n) is 20.2. The molecular formula is C26H34N4O5. The molecule has 0 spiro atoms. The Bertz CT molecular complexity index is 967. The maximum absolute atomic E-state index is 13.5. The number of ether oxygens (including phenoxy) is 3. The predicted molar refractivity (Wildman–Crippen MR) is 133 cm³/mol. The molecule has 2 aliphatic rings. The molecule has 0 saturated carbocycles. The lowest BCUT2D eigenvalue weighted by atomic mass is 10.1. The lowest BCUT2D eigenvalue weighted by Crippen LogP contribution is -2.52. The minimum atomic E-state index is -0.274. The van der Waals surface area contributed by atoms with E-state index in [-0.39, 0.29) is 18.0 Å². The number of morpholine rings is 2. The van der Waals surface area contributed by atoms with E-state index in [0.717, 1.165) is 25.3 Å². The van der Waals surface area contributed by atoms with E-state index in [0.29, 0.717) is 57.3 Å². The van der Waals surface area contributed by atoms with Crippen molar-refractivity contribution in [1.82, 2.24) is 14.7 Å². The van der Waals surface area contributed by atoms with Gasteiger partial charge in [0.1, 0.15) is 5.75 Å². The number of hydrogen-bond donors (Lipinski definition) is 1. The van der Waals surface area contributed by atoms with Gasteiger partial charge < -0.3 is 29.3 Å². The van der Waals surface area contributed by atoms with E-state index in [2.05, 4.69) is 10.2 Å². The molecular weight excluding hydrogens is 448 g/mol. The maximum Gasteiger partial charge on any atom is 0.322 e. The largest absolute Gasteiger partial charge is 0.497 e. The molecule has 2 fully saturated rings. The number of anilines is 1. The summed E-state index contributed by atoms with van der Waals surface area (Å²) in [5, 5.41) is 2.93. The molecule has 0 radical (unpaired) electrons. The third kappa shape index (κ3) is 7.17. The van der Waals surface area contributed by atoms with Gasteiger partial charge in [0.15, 0.2) is 0 Å². The Morgan fingerprint density at radius 2 is 1.86 bits per heavy atom. The highest BCUT2D eigenvalue weighted by Crippen LogP contribution is 2.17. The monoisotopic (exact) mass is 482 g/mol. The number of benzene rings is 2. The van der Waals surface area contributed by atoms with Gasteiger partial charge in [-0.1, -0.05) is 24.3 Å². The van der Waals surface area contributed by atoms with Crippen LogP contribution in [0, 0.1) is 0 Å². The van der Waals surface area contributed by atoms with Gasteiger partial charge in [0, 0.05) is 50.5 Å². The third-order valence-corrected chi connectivity index (χ3v) is 6.27. The van der Waals surface area contributed by atoms with Gasteiger partial charge in [-0.3, -0.25) is 9.69 Å². The molecule has 188 valence electrons. The number of rotatable bonds is 8. The van der Waals surface area contributed by atoms with E-state index in [1.165, 1.54) is 0 Å². The van der Waals surface area contributed by atoms with Gasteiger partial charge in [-0.2, -0.15) is 0 Å². The standard InChI is InChI=1S/C26H34N4O5/c1-33-23-9-5-6-21(18-23)25(31)29(11-10-28-12-15-34-16-13-28)19-24-20-30(14-17-35-24)26(32)27-22-7-3-2-4-8-22/h2-9,18,24H,10-17,19-20H2,1H3,(H,27,32). The molecule has 0 aromatic heterocycles. The van der Waals surface area contributed by atoms with E-state index in [4.69, 9.17) is 14.2 Å². The van der Waals surface area contributed by atoms with Crippen LogP contribution in [-0.2, 0) is 9.47 Å². The van der Waals surface area contributed by atoms with Crippen molar-refractivity contribution in [2.75, 3.05) is 78.1 Å². The Labute approximate surface area is 206 Å². The van der Waals surface area contributed by atoms with Crippen molar-refractivity contribution in [3.63, 3.8) is 0 Å². The molecule has 1 N–H and O–H groups in total. The van der Waals surface area contributed by atoms with Crippen molar-refractivity contribution in [1.29, 1.82) is 0 Å². The molecule has 0 bridgehead atoms. The van der Waals surface area contributed by atoms with Crippen LogP contribution >= 0.6 is 0 Å². The number of carbonyl (C=O) groups is 2. The molecule has 9 nitrogen and oxygen atoms in total. The van der Waals surface area contributed by atoms with Crippen molar-refractivity contribution in [2.45, 2.75) is 6.10 Å². The lowest BCUT2D eigenvalue weighted by molar-refractivity contribution is -0.0282. The number of nitrogens with one attached hydrogen (secondary N) is 1. The summed E-state index contributed by atoms with van der Waals surface area (Å²) in [4.78, 5) is 32.2. The van der Waals surface area contributed by atoms with Gasteiger partial charge in [0.2, 0.25) is 0 Å². The fourth-order valence-corrected chi connectivity index (χ4v) is 4.29. The van der Waals surface area contributed by atoms with Crippen LogP contribution < -0.4 is 10.1 Å². The minimum absolute atomic E-state index is 0.0772. The molecule has 9 heteroatoms. The van der Waals surface area contributed by atoms with Crippen LogP contribution in [0.3, 0.4) is 0 Å². The molecule has 2 aromatic carbocycles. The van der Waals surface area contributed by atoms with E-state index in [1.807, 2.05) is 47.4 Å². The molecule has 1 atom stereocenters. The van der Waals surface area contributed by atoms with Crippen LogP contribution in [0.25, 0.3) is 0 Å². The van der Waals surface area contributed by atoms with Crippen molar-refractivity contribution in [2.24, 2.45) is 0 Å². The number of urea groups is 1. The van der Waals surface area contributed by atoms with Crippen molar-refractivity contribution in [3.05, 3.63) is 60.2 Å². The highest BCUT2D eigenvalue weighted by Gasteiger charge is 2.28. The highest BCUT2D eigenvalue weighted by molar-refractivity contribution is 5.94. The summed E-state index contributed by atoms with van der Waals surface area (Å²) in [5.74, 6) is 0.563. The van der Waals surface area contributed by atoms with Gasteiger partial charge in [0.05, 0.1) is 39.6 Å². The Kier molecular flexibility index (Phi) is 8.94. The summed E-state index contributed by atoms with van der Waals surface area (Å²) < 4.78 is 16.7. The summed E-state index contributed by atoms with van der Waals surface area (Å²) >= 11 is 0. The Morgan fingerprint density at radius 1 is 1.06 bits per heavy atom. The molecule has 1 unspecified atom stereocenters. The number of carbonyl (C=O) groups excluding carboxylic acids is 2. The number of nitrogens with zero attached hydrogens (tertiary/aromatic N) is 3. The van der Waals surface area contributed by atoms with Gasteiger partial charge in [-0.25, -0.2) is 4.79 Å². The average Bonchev–Trinajstić information content (AvgIpc) is 2.92. The van der Waals surface area contributed by atoms with Crippen LogP contribution in [0.15, 0.2) is 54.6 Å². The number of methoxy groups -OCH3 is 1. The molecule has 4 rings (SSSR count). The summed E-state index contributed by atoms with van der Waals surface area (Å²) in [6.45, 7) is 6.19. The first-order chi connectivity index (χ1) is 17.1. The summed E-state index contributed by atoms with van der Waals surface area (Å²) in [6, 6.07) is 16.4. The molecule has 35 heavy (non-hydrogen) atoms. The quantitative estimate of drug-likeness (QED) is 0.622. The molecule has 2 heterocycles. The number of para-hydroxylation sites is 1. The van der Waals surface area contributed by atoms with Gasteiger partial charge in [-0.05, 0) is 30.3 Å². The third-order valence-electron chi connectivity index (χ3n) is 6.27. The highest BCUT2D eigenvalue weighted by atomic mass is 16.5. The van der Waals surface area contributed by atoms with Crippen LogP contribution in [0.1, 0.15) is 10.4 Å². The fourth-order valence-electron chi connectivity index (χ4n) is 4.29. The SMILES string of the molecule is COc1cccc(C(=O)N(CCN2CCOCC2)CC2CN(C(=O)Nc3ccccc3)CCO2)c1. The second-order valence-electron chi connectivity index (χ2n) is 8.67.